The fourth-order valence-electron chi connectivity index (χ4n) is 2.18. The molecule has 102 valence electrons. The molecule has 1 heterocycles. The monoisotopic (exact) mass is 276 g/mol. The molecule has 0 saturated heterocycles. The summed E-state index contributed by atoms with van der Waals surface area (Å²) in [6.45, 7) is 6.74. The lowest BCUT2D eigenvalue weighted by atomic mass is 10.0. The van der Waals surface area contributed by atoms with E-state index in [1.807, 2.05) is 18.2 Å². The van der Waals surface area contributed by atoms with Gasteiger partial charge in [0.05, 0.1) is 10.5 Å². The van der Waals surface area contributed by atoms with Crippen LogP contribution in [0.4, 0.5) is 5.69 Å². The van der Waals surface area contributed by atoms with E-state index >= 15 is 0 Å². The van der Waals surface area contributed by atoms with Crippen molar-refractivity contribution in [2.45, 2.75) is 39.7 Å². The molecule has 1 aromatic carbocycles. The predicted octanol–water partition coefficient (Wildman–Crippen LogP) is 5.12. The highest BCUT2D eigenvalue weighted by Gasteiger charge is 2.08. The van der Waals surface area contributed by atoms with Crippen LogP contribution in [0.3, 0.4) is 0 Å². The fourth-order valence-corrected chi connectivity index (χ4v) is 2.40. The van der Waals surface area contributed by atoms with E-state index < -0.39 is 0 Å². The molecule has 2 aromatic rings. The molecule has 0 fully saturated rings. The Labute approximate surface area is 120 Å². The first-order chi connectivity index (χ1) is 9.08. The van der Waals surface area contributed by atoms with E-state index in [4.69, 9.17) is 11.6 Å². The van der Waals surface area contributed by atoms with E-state index in [2.05, 4.69) is 37.1 Å². The van der Waals surface area contributed by atoms with Gasteiger partial charge in [0.15, 0.2) is 0 Å². The Morgan fingerprint density at radius 1 is 1.16 bits per heavy atom. The minimum absolute atomic E-state index is 0.451. The molecule has 0 aliphatic rings. The van der Waals surface area contributed by atoms with Gasteiger partial charge in [-0.05, 0) is 49.9 Å². The van der Waals surface area contributed by atoms with E-state index in [1.165, 1.54) is 12.8 Å². The number of halogens is 1. The van der Waals surface area contributed by atoms with Crippen LogP contribution in [-0.2, 0) is 0 Å². The normalized spacial score (nSPS) is 12.9. The number of rotatable bonds is 5. The number of nitrogens with one attached hydrogen (secondary N) is 1. The molecule has 3 heteroatoms. The Morgan fingerprint density at radius 3 is 2.68 bits per heavy atom. The highest BCUT2D eigenvalue weighted by molar-refractivity contribution is 6.35. The van der Waals surface area contributed by atoms with Gasteiger partial charge in [-0.1, -0.05) is 25.4 Å². The highest BCUT2D eigenvalue weighted by Crippen LogP contribution is 2.28. The summed E-state index contributed by atoms with van der Waals surface area (Å²) in [6, 6.07) is 8.41. The number of anilines is 1. The first kappa shape index (κ1) is 14.1. The lowest BCUT2D eigenvalue weighted by molar-refractivity contribution is 0.528. The van der Waals surface area contributed by atoms with Crippen molar-refractivity contribution in [3.8, 4) is 0 Å². The molecule has 0 radical (unpaired) electrons. The molecule has 0 saturated carbocycles. The van der Waals surface area contributed by atoms with Crippen molar-refractivity contribution < 1.29 is 0 Å². The van der Waals surface area contributed by atoms with Crippen LogP contribution in [0.1, 0.15) is 33.6 Å². The van der Waals surface area contributed by atoms with E-state index in [9.17, 15) is 0 Å². The summed E-state index contributed by atoms with van der Waals surface area (Å²) < 4.78 is 0. The van der Waals surface area contributed by atoms with Gasteiger partial charge >= 0.3 is 0 Å². The van der Waals surface area contributed by atoms with Gasteiger partial charge in [-0.3, -0.25) is 4.98 Å². The van der Waals surface area contributed by atoms with E-state index in [1.54, 1.807) is 6.20 Å². The van der Waals surface area contributed by atoms with E-state index in [0.29, 0.717) is 11.1 Å². The Balaban J connectivity index is 2.19. The van der Waals surface area contributed by atoms with Gasteiger partial charge in [-0.2, -0.15) is 0 Å². The second kappa shape index (κ2) is 6.25. The van der Waals surface area contributed by atoms with Crippen LogP contribution in [0.2, 0.25) is 5.02 Å². The molecule has 0 aliphatic heterocycles. The zero-order valence-electron chi connectivity index (χ0n) is 11.8. The van der Waals surface area contributed by atoms with Crippen LogP contribution in [0, 0.1) is 5.92 Å². The molecule has 1 unspecified atom stereocenters. The maximum atomic E-state index is 6.18. The van der Waals surface area contributed by atoms with Crippen LogP contribution in [-0.4, -0.2) is 11.0 Å². The summed E-state index contributed by atoms with van der Waals surface area (Å²) >= 11 is 6.18. The van der Waals surface area contributed by atoms with Crippen molar-refractivity contribution in [2.24, 2.45) is 5.92 Å². The standard InChI is InChI=1S/C16H21ClN2/c1-11(2)6-7-12(3)19-15-9-8-14(17)16-13(15)5-4-10-18-16/h4-5,8-12,19H,6-7H2,1-3H3. The summed E-state index contributed by atoms with van der Waals surface area (Å²) in [7, 11) is 0. The van der Waals surface area contributed by atoms with Crippen LogP contribution in [0.15, 0.2) is 30.5 Å². The van der Waals surface area contributed by atoms with Crippen molar-refractivity contribution in [3.63, 3.8) is 0 Å². The molecule has 1 atom stereocenters. The molecule has 2 rings (SSSR count). The SMILES string of the molecule is CC(C)CCC(C)Nc1ccc(Cl)c2ncccc12. The third-order valence-electron chi connectivity index (χ3n) is 3.30. The first-order valence-electron chi connectivity index (χ1n) is 6.87. The molecule has 0 spiro atoms. The number of aromatic nitrogens is 1. The zero-order valence-corrected chi connectivity index (χ0v) is 12.5. The van der Waals surface area contributed by atoms with Gasteiger partial charge in [-0.25, -0.2) is 0 Å². The lowest BCUT2D eigenvalue weighted by Gasteiger charge is -2.18. The van der Waals surface area contributed by atoms with E-state index in [0.717, 1.165) is 22.5 Å². The predicted molar refractivity (Wildman–Crippen MR) is 83.9 cm³/mol. The topological polar surface area (TPSA) is 24.9 Å². The Morgan fingerprint density at radius 2 is 1.95 bits per heavy atom. The van der Waals surface area contributed by atoms with Crippen molar-refractivity contribution in [3.05, 3.63) is 35.5 Å². The number of hydrogen-bond acceptors (Lipinski definition) is 2. The van der Waals surface area contributed by atoms with Crippen molar-refractivity contribution in [1.82, 2.24) is 4.98 Å². The minimum atomic E-state index is 0.451. The van der Waals surface area contributed by atoms with Crippen LogP contribution in [0.5, 0.6) is 0 Å². The smallest absolute Gasteiger partial charge is 0.0908 e. The fraction of sp³-hybridized carbons (Fsp3) is 0.438. The first-order valence-corrected chi connectivity index (χ1v) is 7.25. The van der Waals surface area contributed by atoms with Gasteiger partial charge in [0.1, 0.15) is 0 Å². The highest BCUT2D eigenvalue weighted by atomic mass is 35.5. The van der Waals surface area contributed by atoms with Gasteiger partial charge in [0.2, 0.25) is 0 Å². The average molecular weight is 277 g/mol. The Bertz CT molecular complexity index is 551. The summed E-state index contributed by atoms with van der Waals surface area (Å²) in [4.78, 5) is 4.35. The molecular formula is C16H21ClN2. The lowest BCUT2D eigenvalue weighted by Crippen LogP contribution is -2.16. The molecule has 0 bridgehead atoms. The van der Waals surface area contributed by atoms with Crippen molar-refractivity contribution in [2.75, 3.05) is 5.32 Å². The zero-order chi connectivity index (χ0) is 13.8. The molecule has 19 heavy (non-hydrogen) atoms. The summed E-state index contributed by atoms with van der Waals surface area (Å²) in [5.74, 6) is 0.743. The quantitative estimate of drug-likeness (QED) is 0.819. The van der Waals surface area contributed by atoms with Crippen molar-refractivity contribution >= 4 is 28.2 Å². The molecule has 0 aliphatic carbocycles. The largest absolute Gasteiger partial charge is 0.382 e. The number of pyridine rings is 1. The molecular weight excluding hydrogens is 256 g/mol. The van der Waals surface area contributed by atoms with Gasteiger partial charge in [-0.15, -0.1) is 0 Å². The van der Waals surface area contributed by atoms with Gasteiger partial charge < -0.3 is 5.32 Å². The third-order valence-corrected chi connectivity index (χ3v) is 3.60. The summed E-state index contributed by atoms with van der Waals surface area (Å²) in [5, 5.41) is 5.36. The van der Waals surface area contributed by atoms with Crippen LogP contribution < -0.4 is 5.32 Å². The molecule has 2 nitrogen and oxygen atoms in total. The molecule has 1 N–H and O–H groups in total. The second-order valence-electron chi connectivity index (χ2n) is 5.51. The minimum Gasteiger partial charge on any atom is -0.382 e. The third kappa shape index (κ3) is 3.60. The van der Waals surface area contributed by atoms with Gasteiger partial charge in [0.25, 0.3) is 0 Å². The average Bonchev–Trinajstić information content (AvgIpc) is 2.40. The van der Waals surface area contributed by atoms with Crippen LogP contribution in [0.25, 0.3) is 10.9 Å². The maximum Gasteiger partial charge on any atom is 0.0908 e. The van der Waals surface area contributed by atoms with Crippen molar-refractivity contribution in [1.29, 1.82) is 0 Å². The Hall–Kier alpha value is -1.28. The number of fused-ring (bicyclic) bond motifs is 1. The molecule has 0 amide bonds. The number of nitrogens with zero attached hydrogens (tertiary/aromatic N) is 1. The Kier molecular flexibility index (Phi) is 4.65. The maximum absolute atomic E-state index is 6.18. The second-order valence-corrected chi connectivity index (χ2v) is 5.92. The number of hydrogen-bond donors (Lipinski definition) is 1. The molecule has 1 aromatic heterocycles. The summed E-state index contributed by atoms with van der Waals surface area (Å²) in [5.41, 5.74) is 1.98. The van der Waals surface area contributed by atoms with Crippen LogP contribution >= 0.6 is 11.6 Å². The van der Waals surface area contributed by atoms with Gasteiger partial charge in [0, 0.05) is 23.3 Å². The summed E-state index contributed by atoms with van der Waals surface area (Å²) in [6.07, 6.45) is 4.18. The van der Waals surface area contributed by atoms with E-state index in [-0.39, 0.29) is 0 Å². The number of benzene rings is 1.